The minimum atomic E-state index is -0.00952. The van der Waals surface area contributed by atoms with Gasteiger partial charge in [-0.25, -0.2) is 0 Å². The van der Waals surface area contributed by atoms with Crippen molar-refractivity contribution in [2.75, 3.05) is 0 Å². The van der Waals surface area contributed by atoms with Crippen molar-refractivity contribution in [1.82, 2.24) is 9.13 Å². The van der Waals surface area contributed by atoms with Crippen molar-refractivity contribution in [3.05, 3.63) is 216 Å². The molecule has 58 heavy (non-hydrogen) atoms. The molecule has 0 radical (unpaired) electrons. The molecule has 2 heterocycles. The van der Waals surface area contributed by atoms with E-state index in [2.05, 4.69) is 211 Å². The van der Waals surface area contributed by atoms with E-state index >= 15 is 0 Å². The molecule has 0 saturated carbocycles. The van der Waals surface area contributed by atoms with Crippen molar-refractivity contribution in [3.63, 3.8) is 0 Å². The fourth-order valence-electron chi connectivity index (χ4n) is 11.3. The highest BCUT2D eigenvalue weighted by Crippen LogP contribution is 2.55. The maximum atomic E-state index is 2.56. The van der Waals surface area contributed by atoms with Crippen LogP contribution in [0.2, 0.25) is 0 Å². The lowest BCUT2D eigenvalue weighted by molar-refractivity contribution is 0.653. The summed E-state index contributed by atoms with van der Waals surface area (Å²) in [6.45, 7) is 4.75. The Morgan fingerprint density at radius 1 is 0.466 bits per heavy atom. The number of allylic oxidation sites excluding steroid dienone is 8. The van der Waals surface area contributed by atoms with Crippen LogP contribution in [0.1, 0.15) is 54.0 Å². The molecule has 274 valence electrons. The van der Waals surface area contributed by atoms with Crippen LogP contribution in [0.4, 0.5) is 0 Å². The van der Waals surface area contributed by atoms with E-state index in [0.29, 0.717) is 11.8 Å². The molecular formula is C56H40N2. The SMILES string of the molecule is CC1(C)C2=CC(n3c4ccccc4c4cc(-c5ccc6c(c5)c5ccccc5n6-c5ccc6c(c5)C5C=CC=CC5c5ccccc5-6)ccc43)C=C2c2ccccc21. The molecule has 0 spiro atoms. The molecule has 4 aliphatic rings. The van der Waals surface area contributed by atoms with Gasteiger partial charge in [0.2, 0.25) is 0 Å². The quantitative estimate of drug-likeness (QED) is 0.171. The molecule has 0 bridgehead atoms. The van der Waals surface area contributed by atoms with Crippen molar-refractivity contribution in [2.45, 2.75) is 37.1 Å². The molecule has 2 nitrogen and oxygen atoms in total. The average molecular weight is 741 g/mol. The first-order chi connectivity index (χ1) is 28.5. The number of nitrogens with zero attached hydrogens (tertiary/aromatic N) is 2. The molecule has 3 atom stereocenters. The van der Waals surface area contributed by atoms with Crippen molar-refractivity contribution in [3.8, 4) is 27.9 Å². The van der Waals surface area contributed by atoms with Gasteiger partial charge in [0.05, 0.1) is 17.1 Å². The Hall–Kier alpha value is -6.90. The predicted octanol–water partition coefficient (Wildman–Crippen LogP) is 14.4. The molecule has 7 aromatic carbocycles. The lowest BCUT2D eigenvalue weighted by Crippen LogP contribution is -2.16. The number of aromatic nitrogens is 2. The first-order valence-electron chi connectivity index (χ1n) is 20.7. The third kappa shape index (κ3) is 4.27. The number of hydrogen-bond donors (Lipinski definition) is 0. The minimum Gasteiger partial charge on any atom is -0.330 e. The normalized spacial score (nSPS) is 19.6. The Kier molecular flexibility index (Phi) is 6.44. The molecule has 2 heteroatoms. The highest BCUT2D eigenvalue weighted by molar-refractivity contribution is 6.12. The first-order valence-corrected chi connectivity index (χ1v) is 20.7. The van der Waals surface area contributed by atoms with Gasteiger partial charge < -0.3 is 9.13 Å². The van der Waals surface area contributed by atoms with Gasteiger partial charge in [0.15, 0.2) is 0 Å². The number of para-hydroxylation sites is 2. The van der Waals surface area contributed by atoms with E-state index in [9.17, 15) is 0 Å². The predicted molar refractivity (Wildman–Crippen MR) is 243 cm³/mol. The van der Waals surface area contributed by atoms with Crippen molar-refractivity contribution >= 4 is 49.2 Å². The Morgan fingerprint density at radius 3 is 1.86 bits per heavy atom. The van der Waals surface area contributed by atoms with Gasteiger partial charge in [0, 0.05) is 55.5 Å². The van der Waals surface area contributed by atoms with Crippen LogP contribution in [0.15, 0.2) is 194 Å². The third-order valence-corrected chi connectivity index (χ3v) is 13.9. The van der Waals surface area contributed by atoms with Crippen LogP contribution in [-0.2, 0) is 5.41 Å². The van der Waals surface area contributed by atoms with Crippen LogP contribution >= 0.6 is 0 Å². The van der Waals surface area contributed by atoms with E-state index in [1.165, 1.54) is 105 Å². The fraction of sp³-hybridized carbons (Fsp3) is 0.107. The van der Waals surface area contributed by atoms with Gasteiger partial charge in [-0.2, -0.15) is 0 Å². The highest BCUT2D eigenvalue weighted by atomic mass is 15.0. The smallest absolute Gasteiger partial charge is 0.0722 e. The zero-order valence-electron chi connectivity index (χ0n) is 32.5. The number of hydrogen-bond acceptors (Lipinski definition) is 0. The van der Waals surface area contributed by atoms with Crippen LogP contribution in [0.25, 0.3) is 77.1 Å². The molecule has 0 saturated heterocycles. The summed E-state index contributed by atoms with van der Waals surface area (Å²) in [5, 5.41) is 5.14. The van der Waals surface area contributed by atoms with E-state index in [1.807, 2.05) is 0 Å². The molecule has 0 N–H and O–H groups in total. The van der Waals surface area contributed by atoms with E-state index in [-0.39, 0.29) is 11.5 Å². The largest absolute Gasteiger partial charge is 0.330 e. The summed E-state index contributed by atoms with van der Waals surface area (Å²) in [5.74, 6) is 0.674. The molecular weight excluding hydrogens is 701 g/mol. The van der Waals surface area contributed by atoms with E-state index < -0.39 is 0 Å². The van der Waals surface area contributed by atoms with Crippen LogP contribution in [-0.4, -0.2) is 9.13 Å². The zero-order valence-corrected chi connectivity index (χ0v) is 32.5. The molecule has 9 aromatic rings. The van der Waals surface area contributed by atoms with Crippen LogP contribution < -0.4 is 0 Å². The minimum absolute atomic E-state index is 0.00952. The molecule has 3 unspecified atom stereocenters. The van der Waals surface area contributed by atoms with Crippen molar-refractivity contribution in [1.29, 1.82) is 0 Å². The zero-order chi connectivity index (χ0) is 38.3. The second-order valence-corrected chi connectivity index (χ2v) is 17.2. The monoisotopic (exact) mass is 740 g/mol. The van der Waals surface area contributed by atoms with E-state index in [0.717, 1.165) is 0 Å². The van der Waals surface area contributed by atoms with Gasteiger partial charge >= 0.3 is 0 Å². The number of fused-ring (bicyclic) bond motifs is 15. The Morgan fingerprint density at radius 2 is 1.05 bits per heavy atom. The lowest BCUT2D eigenvalue weighted by Gasteiger charge is -2.34. The summed E-state index contributed by atoms with van der Waals surface area (Å²) in [5.41, 5.74) is 19.9. The van der Waals surface area contributed by atoms with Gasteiger partial charge in [-0.15, -0.1) is 0 Å². The average Bonchev–Trinajstić information content (AvgIpc) is 4.01. The maximum absolute atomic E-state index is 2.56. The summed E-state index contributed by atoms with van der Waals surface area (Å²) in [6.07, 6.45) is 14.2. The van der Waals surface area contributed by atoms with Crippen molar-refractivity contribution < 1.29 is 0 Å². The first kappa shape index (κ1) is 32.2. The van der Waals surface area contributed by atoms with E-state index in [1.54, 1.807) is 0 Å². The van der Waals surface area contributed by atoms with Gasteiger partial charge in [0.1, 0.15) is 0 Å². The highest BCUT2D eigenvalue weighted by Gasteiger charge is 2.41. The Balaban J connectivity index is 0.944. The van der Waals surface area contributed by atoms with Gasteiger partial charge in [-0.3, -0.25) is 0 Å². The number of benzene rings is 7. The summed E-state index contributed by atoms with van der Waals surface area (Å²) in [6, 6.07) is 57.3. The van der Waals surface area contributed by atoms with E-state index in [4.69, 9.17) is 0 Å². The molecule has 0 aliphatic heterocycles. The number of rotatable bonds is 3. The van der Waals surface area contributed by atoms with Crippen LogP contribution in [0, 0.1) is 0 Å². The topological polar surface area (TPSA) is 9.86 Å². The third-order valence-electron chi connectivity index (χ3n) is 13.9. The molecule has 2 aromatic heterocycles. The summed E-state index contributed by atoms with van der Waals surface area (Å²) in [4.78, 5) is 0. The molecule has 0 amide bonds. The van der Waals surface area contributed by atoms with Gasteiger partial charge in [-0.05, 0) is 110 Å². The Labute approximate surface area is 338 Å². The molecule has 13 rings (SSSR count). The fourth-order valence-corrected chi connectivity index (χ4v) is 11.3. The van der Waals surface area contributed by atoms with Gasteiger partial charge in [0.25, 0.3) is 0 Å². The second-order valence-electron chi connectivity index (χ2n) is 17.2. The second kappa shape index (κ2) is 11.6. The van der Waals surface area contributed by atoms with Crippen LogP contribution in [0.3, 0.4) is 0 Å². The Bertz CT molecular complexity index is 3390. The molecule has 0 fully saturated rings. The summed E-state index contributed by atoms with van der Waals surface area (Å²) >= 11 is 0. The van der Waals surface area contributed by atoms with Crippen LogP contribution in [0.5, 0.6) is 0 Å². The standard InChI is InChI=1S/C56H40N2/c1-56(2)50-20-10-7-17-43(50)47-32-37(33-51(47)56)58-53-22-12-9-19-45(53)49-30-35(24-28-55(49)58)34-23-27-54-48(29-34)44-18-8-11-21-52(44)57(54)36-25-26-42-40-15-4-3-13-38(40)39-14-5-6-16-41(39)46(42)31-36/h3-33,37,39,41H,1-2H3. The summed E-state index contributed by atoms with van der Waals surface area (Å²) in [7, 11) is 0. The van der Waals surface area contributed by atoms with Crippen molar-refractivity contribution in [2.24, 2.45) is 0 Å². The summed E-state index contributed by atoms with van der Waals surface area (Å²) < 4.78 is 5.03. The maximum Gasteiger partial charge on any atom is 0.0722 e. The van der Waals surface area contributed by atoms with Gasteiger partial charge in [-0.1, -0.05) is 147 Å². The molecule has 4 aliphatic carbocycles. The lowest BCUT2D eigenvalue weighted by atomic mass is 9.70.